The summed E-state index contributed by atoms with van der Waals surface area (Å²) >= 11 is 6.08. The number of methoxy groups -OCH3 is 1. The van der Waals surface area contributed by atoms with E-state index in [-0.39, 0.29) is 12.1 Å². The molecule has 5 aromatic rings. The Hall–Kier alpha value is -3.84. The van der Waals surface area contributed by atoms with Gasteiger partial charge < -0.3 is 13.7 Å². The maximum Gasteiger partial charge on any atom is 0.276 e. The Balaban J connectivity index is 1.47. The van der Waals surface area contributed by atoms with Gasteiger partial charge in [0.1, 0.15) is 22.7 Å². The Morgan fingerprint density at radius 2 is 1.88 bits per heavy atom. The normalized spacial score (nSPS) is 11.2. The number of rotatable bonds is 5. The first-order valence-corrected chi connectivity index (χ1v) is 10.3. The first kappa shape index (κ1) is 20.1. The number of hydrogen-bond donors (Lipinski definition) is 0. The van der Waals surface area contributed by atoms with E-state index in [0.717, 1.165) is 16.9 Å². The van der Waals surface area contributed by atoms with E-state index >= 15 is 0 Å². The summed E-state index contributed by atoms with van der Waals surface area (Å²) < 4.78 is 14.2. The van der Waals surface area contributed by atoms with Crippen molar-refractivity contribution in [1.29, 1.82) is 0 Å². The number of nitrogens with zero attached hydrogens (tertiary/aromatic N) is 4. The number of oxazole rings is 1. The Kier molecular flexibility index (Phi) is 5.03. The molecule has 32 heavy (non-hydrogen) atoms. The van der Waals surface area contributed by atoms with Crippen LogP contribution < -0.4 is 10.3 Å². The summed E-state index contributed by atoms with van der Waals surface area (Å²) in [6.45, 7) is 2.12. The number of benzene rings is 2. The molecule has 3 heterocycles. The molecular weight excluding hydrogens is 428 g/mol. The molecule has 0 saturated carbocycles. The van der Waals surface area contributed by atoms with Crippen LogP contribution in [0.3, 0.4) is 0 Å². The van der Waals surface area contributed by atoms with Crippen LogP contribution in [-0.4, -0.2) is 26.3 Å². The highest BCUT2D eigenvalue weighted by Gasteiger charge is 2.15. The summed E-state index contributed by atoms with van der Waals surface area (Å²) in [6.07, 6.45) is 3.46. The Morgan fingerprint density at radius 3 is 2.62 bits per heavy atom. The van der Waals surface area contributed by atoms with Gasteiger partial charge in [-0.2, -0.15) is 5.10 Å². The molecule has 0 atom stereocenters. The van der Waals surface area contributed by atoms with E-state index in [1.165, 1.54) is 0 Å². The largest absolute Gasteiger partial charge is 0.497 e. The minimum Gasteiger partial charge on any atom is -0.497 e. The average molecular weight is 447 g/mol. The van der Waals surface area contributed by atoms with E-state index in [0.29, 0.717) is 33.6 Å². The van der Waals surface area contributed by atoms with E-state index in [1.807, 2.05) is 43.3 Å². The van der Waals surface area contributed by atoms with Crippen molar-refractivity contribution >= 4 is 17.1 Å². The van der Waals surface area contributed by atoms with Crippen LogP contribution in [0.15, 0.2) is 76.2 Å². The van der Waals surface area contributed by atoms with Crippen molar-refractivity contribution in [2.75, 3.05) is 7.11 Å². The minimum absolute atomic E-state index is 0.161. The first-order chi connectivity index (χ1) is 15.5. The zero-order chi connectivity index (χ0) is 22.2. The molecular formula is C24H19ClN4O3. The standard InChI is InChI=1S/C24H19ClN4O3/c1-15-21(26-23(32-15)17-4-3-5-18(25)12-17)14-28-10-11-29-22(24(28)30)13-20(27-29)16-6-8-19(31-2)9-7-16/h3-13H,14H2,1-2H3. The SMILES string of the molecule is COc1ccc(-c2cc3c(=O)n(Cc4nc(-c5cccc(Cl)c5)oc4C)ccn3n2)cc1. The van der Waals surface area contributed by atoms with Gasteiger partial charge in [0.2, 0.25) is 5.89 Å². The maximum atomic E-state index is 13.1. The fraction of sp³-hybridized carbons (Fsp3) is 0.125. The Morgan fingerprint density at radius 1 is 1.06 bits per heavy atom. The quantitative estimate of drug-likeness (QED) is 0.386. The molecule has 2 aromatic carbocycles. The molecule has 0 saturated heterocycles. The number of halogens is 1. The predicted octanol–water partition coefficient (Wildman–Crippen LogP) is 4.84. The second kappa shape index (κ2) is 8.01. The summed E-state index contributed by atoms with van der Waals surface area (Å²) in [5.74, 6) is 1.89. The highest BCUT2D eigenvalue weighted by molar-refractivity contribution is 6.30. The summed E-state index contributed by atoms with van der Waals surface area (Å²) in [6, 6.07) is 16.6. The number of fused-ring (bicyclic) bond motifs is 1. The van der Waals surface area contributed by atoms with Crippen molar-refractivity contribution in [3.8, 4) is 28.5 Å². The van der Waals surface area contributed by atoms with Crippen LogP contribution in [0.5, 0.6) is 5.75 Å². The molecule has 0 unspecified atom stereocenters. The van der Waals surface area contributed by atoms with Crippen LogP contribution in [0.25, 0.3) is 28.2 Å². The van der Waals surface area contributed by atoms with Gasteiger partial charge in [-0.15, -0.1) is 0 Å². The Labute approximate surface area is 188 Å². The lowest BCUT2D eigenvalue weighted by Gasteiger charge is -2.04. The van der Waals surface area contributed by atoms with Crippen LogP contribution in [0.1, 0.15) is 11.5 Å². The van der Waals surface area contributed by atoms with E-state index in [9.17, 15) is 4.79 Å². The van der Waals surface area contributed by atoms with Crippen LogP contribution in [0.2, 0.25) is 5.02 Å². The highest BCUT2D eigenvalue weighted by Crippen LogP contribution is 2.25. The fourth-order valence-corrected chi connectivity index (χ4v) is 3.72. The van der Waals surface area contributed by atoms with E-state index in [2.05, 4.69) is 10.1 Å². The molecule has 160 valence electrons. The highest BCUT2D eigenvalue weighted by atomic mass is 35.5. The lowest BCUT2D eigenvalue weighted by atomic mass is 10.1. The van der Waals surface area contributed by atoms with Crippen molar-refractivity contribution in [1.82, 2.24) is 19.2 Å². The zero-order valence-corrected chi connectivity index (χ0v) is 18.2. The third kappa shape index (κ3) is 3.67. The molecule has 0 fully saturated rings. The van der Waals surface area contributed by atoms with Gasteiger partial charge in [0, 0.05) is 28.5 Å². The van der Waals surface area contributed by atoms with Gasteiger partial charge in [0.05, 0.1) is 19.3 Å². The molecule has 3 aromatic heterocycles. The fourth-order valence-electron chi connectivity index (χ4n) is 3.53. The van der Waals surface area contributed by atoms with Gasteiger partial charge in [0.15, 0.2) is 0 Å². The molecule has 8 heteroatoms. The van der Waals surface area contributed by atoms with Gasteiger partial charge in [0.25, 0.3) is 5.56 Å². The van der Waals surface area contributed by atoms with Gasteiger partial charge in [-0.1, -0.05) is 17.7 Å². The third-order valence-electron chi connectivity index (χ3n) is 5.27. The second-order valence-corrected chi connectivity index (χ2v) is 7.79. The summed E-state index contributed by atoms with van der Waals surface area (Å²) in [5, 5.41) is 5.14. The third-order valence-corrected chi connectivity index (χ3v) is 5.51. The molecule has 5 rings (SSSR count). The van der Waals surface area contributed by atoms with Gasteiger partial charge in [-0.05, 0) is 55.5 Å². The lowest BCUT2D eigenvalue weighted by molar-refractivity contribution is 0.415. The first-order valence-electron chi connectivity index (χ1n) is 9.97. The number of ether oxygens (including phenoxy) is 1. The Bertz CT molecular complexity index is 1480. The predicted molar refractivity (Wildman–Crippen MR) is 122 cm³/mol. The molecule has 0 radical (unpaired) electrons. The molecule has 0 spiro atoms. The van der Waals surface area contributed by atoms with E-state index < -0.39 is 0 Å². The summed E-state index contributed by atoms with van der Waals surface area (Å²) in [5.41, 5.74) is 3.40. The summed E-state index contributed by atoms with van der Waals surface area (Å²) in [4.78, 5) is 17.7. The van der Waals surface area contributed by atoms with Crippen molar-refractivity contribution in [3.05, 3.63) is 93.8 Å². The van der Waals surface area contributed by atoms with Crippen molar-refractivity contribution in [2.24, 2.45) is 0 Å². The lowest BCUT2D eigenvalue weighted by Crippen LogP contribution is -2.22. The van der Waals surface area contributed by atoms with Crippen molar-refractivity contribution in [3.63, 3.8) is 0 Å². The van der Waals surface area contributed by atoms with Gasteiger partial charge in [-0.3, -0.25) is 4.79 Å². The monoisotopic (exact) mass is 446 g/mol. The second-order valence-electron chi connectivity index (χ2n) is 7.35. The smallest absolute Gasteiger partial charge is 0.276 e. The summed E-state index contributed by atoms with van der Waals surface area (Å²) in [7, 11) is 1.62. The molecule has 7 nitrogen and oxygen atoms in total. The molecule has 0 aliphatic rings. The van der Waals surface area contributed by atoms with Gasteiger partial charge in [-0.25, -0.2) is 9.50 Å². The van der Waals surface area contributed by atoms with Gasteiger partial charge >= 0.3 is 0 Å². The maximum absolute atomic E-state index is 13.1. The molecule has 0 bridgehead atoms. The van der Waals surface area contributed by atoms with Crippen molar-refractivity contribution < 1.29 is 9.15 Å². The minimum atomic E-state index is -0.161. The van der Waals surface area contributed by atoms with Crippen LogP contribution >= 0.6 is 11.6 Å². The topological polar surface area (TPSA) is 74.6 Å². The van der Waals surface area contributed by atoms with Crippen LogP contribution in [0.4, 0.5) is 0 Å². The van der Waals surface area contributed by atoms with Crippen molar-refractivity contribution in [2.45, 2.75) is 13.5 Å². The van der Waals surface area contributed by atoms with Crippen LogP contribution in [-0.2, 0) is 6.54 Å². The number of aromatic nitrogens is 4. The van der Waals surface area contributed by atoms with E-state index in [1.54, 1.807) is 46.8 Å². The van der Waals surface area contributed by atoms with E-state index in [4.69, 9.17) is 20.8 Å². The molecule has 0 N–H and O–H groups in total. The number of aryl methyl sites for hydroxylation is 1. The number of hydrogen-bond acceptors (Lipinski definition) is 5. The molecule has 0 aliphatic carbocycles. The average Bonchev–Trinajstić information content (AvgIpc) is 3.40. The zero-order valence-electron chi connectivity index (χ0n) is 17.4. The van der Waals surface area contributed by atoms with Crippen LogP contribution in [0, 0.1) is 6.92 Å². The molecule has 0 amide bonds. The molecule has 0 aliphatic heterocycles.